The van der Waals surface area contributed by atoms with Gasteiger partial charge in [-0.1, -0.05) is 60.7 Å². The van der Waals surface area contributed by atoms with E-state index < -0.39 is 16.9 Å². The summed E-state index contributed by atoms with van der Waals surface area (Å²) in [5.74, 6) is -0.833. The number of hydrogen-bond donors (Lipinski definition) is 2. The standard InChI is InChI=1S/C34H42FN3O4/c1-33(2,26-13-6-7-14-27(26)35)32(41)38-19-15-28-25(23-38)12-8-9-16-34(17-20-42-21-18-34)31(40)37-29(30(39)36-28)22-24-10-4-3-5-11-24/h3-11,13-14,25,28-29H,12,15-23H2,1-2H3,(H,36,39)(H,37,40)/b9-8+/t25-,28+,29-/m1/s1. The van der Waals surface area contributed by atoms with Crippen molar-refractivity contribution in [2.45, 2.75) is 69.9 Å². The maximum absolute atomic E-state index is 14.7. The van der Waals surface area contributed by atoms with Gasteiger partial charge in [-0.15, -0.1) is 0 Å². The van der Waals surface area contributed by atoms with Gasteiger partial charge in [-0.25, -0.2) is 4.39 Å². The number of amides is 3. The number of hydrogen-bond acceptors (Lipinski definition) is 4. The molecular formula is C34H42FN3O4. The summed E-state index contributed by atoms with van der Waals surface area (Å²) in [5.41, 5.74) is -0.298. The first kappa shape index (κ1) is 30.0. The smallest absolute Gasteiger partial charge is 0.243 e. The molecule has 0 aromatic heterocycles. The molecule has 3 heterocycles. The van der Waals surface area contributed by atoms with Crippen LogP contribution >= 0.6 is 0 Å². The molecule has 0 unspecified atom stereocenters. The maximum Gasteiger partial charge on any atom is 0.243 e. The molecule has 2 aromatic rings. The van der Waals surface area contributed by atoms with Crippen LogP contribution in [-0.4, -0.2) is 61.0 Å². The van der Waals surface area contributed by atoms with Gasteiger partial charge in [-0.2, -0.15) is 0 Å². The summed E-state index contributed by atoms with van der Waals surface area (Å²) in [5, 5.41) is 6.37. The third-order valence-electron chi connectivity index (χ3n) is 9.38. The Balaban J connectivity index is 1.39. The number of likely N-dealkylation sites (tertiary alicyclic amines) is 1. The van der Waals surface area contributed by atoms with Crippen molar-refractivity contribution in [1.29, 1.82) is 0 Å². The average Bonchev–Trinajstić information content (AvgIpc) is 2.99. The van der Waals surface area contributed by atoms with Crippen LogP contribution in [0.5, 0.6) is 0 Å². The van der Waals surface area contributed by atoms with E-state index in [1.54, 1.807) is 32.0 Å². The second kappa shape index (κ2) is 12.8. The first-order chi connectivity index (χ1) is 20.2. The van der Waals surface area contributed by atoms with E-state index in [9.17, 15) is 18.8 Å². The number of nitrogens with zero attached hydrogens (tertiary/aromatic N) is 1. The minimum absolute atomic E-state index is 0.0162. The van der Waals surface area contributed by atoms with Crippen LogP contribution in [0.3, 0.4) is 0 Å². The molecule has 0 saturated carbocycles. The van der Waals surface area contributed by atoms with E-state index in [0.717, 1.165) is 5.56 Å². The van der Waals surface area contributed by atoms with Crippen molar-refractivity contribution >= 4 is 17.7 Å². The van der Waals surface area contributed by atoms with E-state index in [4.69, 9.17) is 4.74 Å². The first-order valence-corrected chi connectivity index (χ1v) is 15.1. The number of nitrogens with one attached hydrogen (secondary N) is 2. The van der Waals surface area contributed by atoms with Gasteiger partial charge in [0, 0.05) is 50.2 Å². The predicted octanol–water partition coefficient (Wildman–Crippen LogP) is 4.31. The largest absolute Gasteiger partial charge is 0.381 e. The molecule has 7 nitrogen and oxygen atoms in total. The zero-order valence-electron chi connectivity index (χ0n) is 24.6. The lowest BCUT2D eigenvalue weighted by atomic mass is 9.75. The second-order valence-corrected chi connectivity index (χ2v) is 12.5. The minimum atomic E-state index is -1.02. The summed E-state index contributed by atoms with van der Waals surface area (Å²) in [7, 11) is 0. The Kier molecular flexibility index (Phi) is 9.11. The Bertz CT molecular complexity index is 1300. The highest BCUT2D eigenvalue weighted by atomic mass is 19.1. The van der Waals surface area contributed by atoms with E-state index in [0.29, 0.717) is 70.4 Å². The van der Waals surface area contributed by atoms with Gasteiger partial charge in [0.1, 0.15) is 11.9 Å². The molecule has 3 amide bonds. The van der Waals surface area contributed by atoms with E-state index >= 15 is 0 Å². The highest BCUT2D eigenvalue weighted by molar-refractivity contribution is 5.91. The first-order valence-electron chi connectivity index (χ1n) is 15.1. The van der Waals surface area contributed by atoms with Crippen molar-refractivity contribution < 1.29 is 23.5 Å². The van der Waals surface area contributed by atoms with Crippen LogP contribution in [0.25, 0.3) is 0 Å². The average molecular weight is 576 g/mol. The molecule has 1 spiro atoms. The van der Waals surface area contributed by atoms with Crippen LogP contribution < -0.4 is 10.6 Å². The van der Waals surface area contributed by atoms with Crippen molar-refractivity contribution in [3.05, 3.63) is 83.7 Å². The number of halogens is 1. The lowest BCUT2D eigenvalue weighted by molar-refractivity contribution is -0.141. The van der Waals surface area contributed by atoms with Crippen LogP contribution in [0.2, 0.25) is 0 Å². The second-order valence-electron chi connectivity index (χ2n) is 12.5. The highest BCUT2D eigenvalue weighted by Crippen LogP contribution is 2.36. The van der Waals surface area contributed by atoms with Crippen LogP contribution in [0.15, 0.2) is 66.7 Å². The molecule has 0 bridgehead atoms. The van der Waals surface area contributed by atoms with Gasteiger partial charge in [-0.3, -0.25) is 14.4 Å². The van der Waals surface area contributed by atoms with Gasteiger partial charge in [0.2, 0.25) is 17.7 Å². The predicted molar refractivity (Wildman–Crippen MR) is 159 cm³/mol. The van der Waals surface area contributed by atoms with E-state index in [1.807, 2.05) is 35.2 Å². The molecular weight excluding hydrogens is 533 g/mol. The molecule has 224 valence electrons. The van der Waals surface area contributed by atoms with Crippen LogP contribution in [0.1, 0.15) is 57.1 Å². The summed E-state index contributed by atoms with van der Waals surface area (Å²) < 4.78 is 20.3. The molecule has 2 aromatic carbocycles. The zero-order chi connectivity index (χ0) is 29.7. The molecule has 3 aliphatic heterocycles. The number of piperidine rings is 1. The fraction of sp³-hybridized carbons (Fsp3) is 0.500. The molecule has 42 heavy (non-hydrogen) atoms. The Morgan fingerprint density at radius 3 is 2.48 bits per heavy atom. The SMILES string of the molecule is CC(C)(C(=O)N1CC[C@@H]2NC(=O)[C@@H](Cc3ccccc3)NC(=O)C3(C/C=C/C[C@@H]2C1)CCOCC3)c1ccccc1F. The quantitative estimate of drug-likeness (QED) is 0.532. The lowest BCUT2D eigenvalue weighted by Crippen LogP contribution is -2.59. The lowest BCUT2D eigenvalue weighted by Gasteiger charge is -2.42. The van der Waals surface area contributed by atoms with Crippen LogP contribution in [-0.2, 0) is 31.0 Å². The Labute approximate surface area is 247 Å². The summed E-state index contributed by atoms with van der Waals surface area (Å²) in [6.07, 6.45) is 7.57. The Morgan fingerprint density at radius 1 is 1.02 bits per heavy atom. The maximum atomic E-state index is 14.7. The third kappa shape index (κ3) is 6.43. The number of fused-ring (bicyclic) bond motifs is 1. The van der Waals surface area contributed by atoms with Gasteiger partial charge in [0.25, 0.3) is 0 Å². The van der Waals surface area contributed by atoms with Crippen molar-refractivity contribution in [2.24, 2.45) is 11.3 Å². The number of allylic oxidation sites excluding steroid dienone is 2. The van der Waals surface area contributed by atoms with Gasteiger partial charge in [0.05, 0.1) is 10.8 Å². The number of rotatable bonds is 4. The van der Waals surface area contributed by atoms with Gasteiger partial charge in [-0.05, 0) is 57.6 Å². The van der Waals surface area contributed by atoms with E-state index in [2.05, 4.69) is 22.8 Å². The normalized spacial score (nSPS) is 25.8. The number of carbonyl (C=O) groups is 3. The third-order valence-corrected chi connectivity index (χ3v) is 9.38. The minimum Gasteiger partial charge on any atom is -0.381 e. The number of ether oxygens (including phenoxy) is 1. The molecule has 3 aliphatic rings. The molecule has 2 saturated heterocycles. The van der Waals surface area contributed by atoms with Gasteiger partial charge < -0.3 is 20.3 Å². The summed E-state index contributed by atoms with van der Waals surface area (Å²) in [6, 6.07) is 15.3. The van der Waals surface area contributed by atoms with Gasteiger partial charge in [0.15, 0.2) is 0 Å². The molecule has 0 aliphatic carbocycles. The molecule has 3 atom stereocenters. The summed E-state index contributed by atoms with van der Waals surface area (Å²) >= 11 is 0. The van der Waals surface area contributed by atoms with Crippen molar-refractivity contribution in [2.75, 3.05) is 26.3 Å². The molecule has 5 rings (SSSR count). The number of benzene rings is 2. The number of carbonyl (C=O) groups excluding carboxylic acids is 3. The highest BCUT2D eigenvalue weighted by Gasteiger charge is 2.43. The Morgan fingerprint density at radius 2 is 1.74 bits per heavy atom. The van der Waals surface area contributed by atoms with Crippen molar-refractivity contribution in [3.63, 3.8) is 0 Å². The van der Waals surface area contributed by atoms with Crippen molar-refractivity contribution in [3.8, 4) is 0 Å². The summed E-state index contributed by atoms with van der Waals surface area (Å²) in [6.45, 7) is 5.48. The fourth-order valence-electron chi connectivity index (χ4n) is 6.64. The molecule has 0 radical (unpaired) electrons. The molecule has 2 N–H and O–H groups in total. The van der Waals surface area contributed by atoms with Crippen molar-refractivity contribution in [1.82, 2.24) is 15.5 Å². The van der Waals surface area contributed by atoms with Crippen LogP contribution in [0, 0.1) is 17.2 Å². The van der Waals surface area contributed by atoms with Gasteiger partial charge >= 0.3 is 0 Å². The molecule has 8 heteroatoms. The Hall–Kier alpha value is -3.52. The molecule has 2 fully saturated rings. The fourth-order valence-corrected chi connectivity index (χ4v) is 6.64. The van der Waals surface area contributed by atoms with E-state index in [1.165, 1.54) is 6.07 Å². The van der Waals surface area contributed by atoms with Crippen LogP contribution in [0.4, 0.5) is 4.39 Å². The monoisotopic (exact) mass is 575 g/mol. The summed E-state index contributed by atoms with van der Waals surface area (Å²) in [4.78, 5) is 43.1. The zero-order valence-corrected chi connectivity index (χ0v) is 24.6. The van der Waals surface area contributed by atoms with E-state index in [-0.39, 0.29) is 35.5 Å². The topological polar surface area (TPSA) is 87.7 Å².